The number of β-amino-alcohol motifs (C(OH)–C–C–N with tert-alkyl or cyclic N) is 1. The van der Waals surface area contributed by atoms with Crippen LogP contribution >= 0.6 is 11.3 Å². The molecule has 7 aromatic rings. The van der Waals surface area contributed by atoms with E-state index in [-0.39, 0.29) is 66.7 Å². The van der Waals surface area contributed by atoms with Crippen molar-refractivity contribution in [3.05, 3.63) is 119 Å². The number of thiazole rings is 1. The predicted molar refractivity (Wildman–Crippen MR) is 306 cm³/mol. The molecule has 82 heavy (non-hydrogen) atoms. The van der Waals surface area contributed by atoms with E-state index in [4.69, 9.17) is 9.51 Å². The number of carbonyl (C=O) groups is 5. The van der Waals surface area contributed by atoms with Crippen molar-refractivity contribution >= 4 is 58.0 Å². The molecule has 23 heteroatoms. The normalized spacial score (nSPS) is 17.3. The number of unbranched alkanes of at least 4 members (excludes halogenated alkanes) is 4. The maximum atomic E-state index is 15.7. The lowest BCUT2D eigenvalue weighted by atomic mass is 9.91. The van der Waals surface area contributed by atoms with E-state index in [0.29, 0.717) is 68.1 Å². The van der Waals surface area contributed by atoms with Crippen LogP contribution in [-0.2, 0) is 19.2 Å². The summed E-state index contributed by atoms with van der Waals surface area (Å²) >= 11 is 1.53. The molecule has 2 aliphatic heterocycles. The summed E-state index contributed by atoms with van der Waals surface area (Å²) in [5, 5.41) is 33.9. The lowest BCUT2D eigenvalue weighted by molar-refractivity contribution is -0.141. The summed E-state index contributed by atoms with van der Waals surface area (Å²) in [7, 11) is 0. The number of nitrogens with zero attached hydrogens (tertiary/aromatic N) is 9. The summed E-state index contributed by atoms with van der Waals surface area (Å²) in [6.45, 7) is 10.5. The first-order chi connectivity index (χ1) is 39.7. The fourth-order valence-electron chi connectivity index (χ4n) is 10.9. The molecule has 0 unspecified atom stereocenters. The second kappa shape index (κ2) is 25.9. The Morgan fingerprint density at radius 3 is 2.29 bits per heavy atom. The molecule has 0 bridgehead atoms. The predicted octanol–water partition coefficient (Wildman–Crippen LogP) is 7.20. The minimum atomic E-state index is -0.957. The zero-order valence-electron chi connectivity index (χ0n) is 46.7. The van der Waals surface area contributed by atoms with Crippen LogP contribution in [0.1, 0.15) is 128 Å². The van der Waals surface area contributed by atoms with Crippen molar-refractivity contribution < 1.29 is 38.0 Å². The van der Waals surface area contributed by atoms with Gasteiger partial charge in [-0.25, -0.2) is 19.3 Å². The molecule has 2 saturated heterocycles. The van der Waals surface area contributed by atoms with Gasteiger partial charge in [-0.1, -0.05) is 62.5 Å². The van der Waals surface area contributed by atoms with Crippen molar-refractivity contribution in [3.63, 3.8) is 0 Å². The summed E-state index contributed by atoms with van der Waals surface area (Å²) in [6, 6.07) is 12.1. The number of benzene rings is 2. The average Bonchev–Trinajstić information content (AvgIpc) is 4.21. The number of amides is 5. The number of nitrogens with one attached hydrogen (secondary N) is 5. The van der Waals surface area contributed by atoms with Crippen LogP contribution < -0.4 is 21.3 Å². The van der Waals surface area contributed by atoms with Gasteiger partial charge in [0.1, 0.15) is 23.5 Å². The Morgan fingerprint density at radius 2 is 1.63 bits per heavy atom. The highest BCUT2D eigenvalue weighted by molar-refractivity contribution is 7.13. The van der Waals surface area contributed by atoms with Crippen LogP contribution in [0.25, 0.3) is 27.3 Å². The molecule has 6 N–H and O–H groups in total. The standard InChI is InChI=1S/C59H71FN14O7S/c1-35(2)53(50-24-36(3)70-81-50)59(80)74-31-43(75)26-48(74)57(78)69-46(38-12-14-40(15-13-38)54-37(4)64-34-82-54)27-51(76)61-18-8-6-5-7-9-19-62-52(77)33-71-20-22-72(23-21-71)58(79)41-16-17-45(44(60)25-41)67-55-56-63-30-49(42-28-65-66-29-42)73(56)32-47(68-55)39-10-11-39/h12-17,24-25,28-30,32,34-35,39,43,46,48,53,75H,5-11,18-23,26-27,31,33H2,1-4H3,(H,61,76)(H,62,77)(H,65,66)(H,67,68)(H,69,78)/t43-,46+,48+,53-/m1/s1. The Bertz CT molecular complexity index is 3370. The number of rotatable bonds is 24. The SMILES string of the molecule is Cc1cc([C@H](C(=O)N2C[C@H](O)C[C@H]2C(=O)N[C@@H](CC(=O)NCCCCCCCNC(=O)CN2CCN(C(=O)c3ccc(Nc4nc(C5CC5)cn5c(-c6cn[nH]c6)cnc45)c(F)c3)CC2)c2ccc(-c3scnc3C)cc2)C(C)C)on1. The average molecular weight is 1140 g/mol. The van der Waals surface area contributed by atoms with Crippen LogP contribution in [0.3, 0.4) is 0 Å². The highest BCUT2D eigenvalue weighted by Crippen LogP contribution is 2.41. The number of likely N-dealkylation sites (tertiary alicyclic amines) is 1. The van der Waals surface area contributed by atoms with Crippen LogP contribution in [0.15, 0.2) is 83.4 Å². The minimum Gasteiger partial charge on any atom is -0.391 e. The van der Waals surface area contributed by atoms with Crippen molar-refractivity contribution in [2.75, 3.05) is 57.7 Å². The van der Waals surface area contributed by atoms with Gasteiger partial charge in [-0.3, -0.25) is 38.4 Å². The molecule has 1 saturated carbocycles. The number of piperazine rings is 1. The molecule has 5 aromatic heterocycles. The number of carbonyl (C=O) groups excluding carboxylic acids is 5. The maximum Gasteiger partial charge on any atom is 0.254 e. The van der Waals surface area contributed by atoms with Crippen molar-refractivity contribution in [1.82, 2.24) is 65.4 Å². The van der Waals surface area contributed by atoms with Gasteiger partial charge in [0.25, 0.3) is 5.91 Å². The van der Waals surface area contributed by atoms with Crippen molar-refractivity contribution in [2.45, 2.75) is 116 Å². The van der Waals surface area contributed by atoms with Crippen molar-refractivity contribution in [1.29, 1.82) is 0 Å². The topological polar surface area (TPSA) is 261 Å². The van der Waals surface area contributed by atoms with E-state index in [2.05, 4.69) is 46.6 Å². The zero-order valence-corrected chi connectivity index (χ0v) is 47.5. The zero-order chi connectivity index (χ0) is 57.4. The molecule has 5 amide bonds. The molecule has 10 rings (SSSR count). The van der Waals surface area contributed by atoms with Gasteiger partial charge in [-0.2, -0.15) is 5.10 Å². The number of aliphatic hydroxyl groups is 1. The number of aryl methyl sites for hydroxylation is 2. The summed E-state index contributed by atoms with van der Waals surface area (Å²) in [5.74, 6) is -1.67. The number of fused-ring (bicyclic) bond motifs is 1. The van der Waals surface area contributed by atoms with Gasteiger partial charge in [0.05, 0.1) is 76.4 Å². The van der Waals surface area contributed by atoms with Gasteiger partial charge in [0.2, 0.25) is 23.6 Å². The van der Waals surface area contributed by atoms with Gasteiger partial charge in [0.15, 0.2) is 11.5 Å². The van der Waals surface area contributed by atoms with E-state index in [0.717, 1.165) is 83.6 Å². The first kappa shape index (κ1) is 57.3. The molecular formula is C59H71FN14O7S. The summed E-state index contributed by atoms with van der Waals surface area (Å²) in [4.78, 5) is 88.2. The molecule has 21 nitrogen and oxygen atoms in total. The first-order valence-electron chi connectivity index (χ1n) is 28.4. The van der Waals surface area contributed by atoms with Crippen molar-refractivity contribution in [3.8, 4) is 21.7 Å². The van der Waals surface area contributed by atoms with Crippen molar-refractivity contribution in [2.24, 2.45) is 5.92 Å². The van der Waals surface area contributed by atoms with E-state index in [9.17, 15) is 29.1 Å². The summed E-state index contributed by atoms with van der Waals surface area (Å²) in [6.07, 6.45) is 12.7. The number of halogens is 1. The molecular weight excluding hydrogens is 1070 g/mol. The van der Waals surface area contributed by atoms with Gasteiger partial charge in [-0.05, 0) is 74.8 Å². The number of aliphatic hydroxyl groups excluding tert-OH is 1. The quantitative estimate of drug-likeness (QED) is 0.0327. The summed E-state index contributed by atoms with van der Waals surface area (Å²) < 4.78 is 23.1. The fraction of sp³-hybridized carbons (Fsp3) is 0.458. The van der Waals surface area contributed by atoms with Gasteiger partial charge >= 0.3 is 0 Å². The lowest BCUT2D eigenvalue weighted by Crippen LogP contribution is -2.51. The molecule has 2 aromatic carbocycles. The van der Waals surface area contributed by atoms with Gasteiger partial charge in [-0.15, -0.1) is 11.3 Å². The lowest BCUT2D eigenvalue weighted by Gasteiger charge is -2.34. The van der Waals surface area contributed by atoms with Crippen LogP contribution in [0.5, 0.6) is 0 Å². The Hall–Kier alpha value is -7.89. The number of aromatic nitrogens is 7. The number of hydrogen-bond acceptors (Lipinski definition) is 15. The third-order valence-corrected chi connectivity index (χ3v) is 16.5. The number of H-pyrrole nitrogens is 1. The van der Waals surface area contributed by atoms with E-state index < -0.39 is 35.8 Å². The molecule has 0 radical (unpaired) electrons. The third-order valence-electron chi connectivity index (χ3n) is 15.6. The number of hydrogen-bond donors (Lipinski definition) is 6. The van der Waals surface area contributed by atoms with Gasteiger partial charge < -0.3 is 40.7 Å². The highest BCUT2D eigenvalue weighted by Gasteiger charge is 2.44. The van der Waals surface area contributed by atoms with E-state index >= 15 is 4.39 Å². The van der Waals surface area contributed by atoms with Crippen LogP contribution in [0, 0.1) is 25.6 Å². The van der Waals surface area contributed by atoms with Crippen LogP contribution in [-0.4, -0.2) is 149 Å². The maximum absolute atomic E-state index is 15.7. The molecule has 3 fully saturated rings. The Morgan fingerprint density at radius 1 is 0.890 bits per heavy atom. The molecule has 1 aliphatic carbocycles. The summed E-state index contributed by atoms with van der Waals surface area (Å²) in [5.41, 5.74) is 8.58. The smallest absolute Gasteiger partial charge is 0.254 e. The molecule has 3 aliphatic rings. The molecule has 4 atom stereocenters. The highest BCUT2D eigenvalue weighted by atomic mass is 32.1. The van der Waals surface area contributed by atoms with Gasteiger partial charge in [0, 0.05) is 87.7 Å². The Kier molecular flexibility index (Phi) is 18.1. The largest absolute Gasteiger partial charge is 0.391 e. The molecule has 7 heterocycles. The van der Waals surface area contributed by atoms with E-state index in [1.165, 1.54) is 22.3 Å². The molecule has 0 spiro atoms. The third kappa shape index (κ3) is 13.7. The van der Waals surface area contributed by atoms with E-state index in [1.54, 1.807) is 54.1 Å². The number of imidazole rings is 1. The first-order valence-corrected chi connectivity index (χ1v) is 29.3. The van der Waals surface area contributed by atoms with E-state index in [1.807, 2.05) is 60.5 Å². The monoisotopic (exact) mass is 1140 g/mol. The fourth-order valence-corrected chi connectivity index (χ4v) is 11.7. The number of anilines is 2. The minimum absolute atomic E-state index is 0.00773. The Labute approximate surface area is 478 Å². The Balaban J connectivity index is 0.633. The number of aromatic amines is 1. The second-order valence-electron chi connectivity index (χ2n) is 22.1. The van der Waals surface area contributed by atoms with Crippen LogP contribution in [0.2, 0.25) is 0 Å². The second-order valence-corrected chi connectivity index (χ2v) is 23.0. The molecule has 432 valence electrons. The van der Waals surface area contributed by atoms with Crippen LogP contribution in [0.4, 0.5) is 15.9 Å².